The van der Waals surface area contributed by atoms with Crippen LogP contribution in [-0.4, -0.2) is 15.0 Å². The van der Waals surface area contributed by atoms with Crippen LogP contribution in [0.15, 0.2) is 156 Å². The van der Waals surface area contributed by atoms with Crippen molar-refractivity contribution in [3.8, 4) is 56.5 Å². The van der Waals surface area contributed by atoms with E-state index in [1.165, 1.54) is 15.0 Å². The second kappa shape index (κ2) is 10.9. The lowest BCUT2D eigenvalue weighted by Crippen LogP contribution is -1.96. The Balaban J connectivity index is 1.25. The van der Waals surface area contributed by atoms with Crippen LogP contribution in [0.2, 0.25) is 0 Å². The number of rotatable bonds is 5. The lowest BCUT2D eigenvalue weighted by molar-refractivity contribution is 0.620. The third-order valence-electron chi connectivity index (χ3n) is 8.34. The van der Waals surface area contributed by atoms with Crippen molar-refractivity contribution >= 4 is 42.6 Å². The smallest absolute Gasteiger partial charge is 0.227 e. The fraction of sp³-hybridized carbons (Fsp3) is 0. The van der Waals surface area contributed by atoms with Gasteiger partial charge in [-0.2, -0.15) is 0 Å². The van der Waals surface area contributed by atoms with Crippen LogP contribution in [0.1, 0.15) is 0 Å². The maximum absolute atomic E-state index is 6.15. The minimum absolute atomic E-state index is 0.614. The zero-order chi connectivity index (χ0) is 30.5. The highest BCUT2D eigenvalue weighted by molar-refractivity contribution is 7.26. The molecule has 0 atom stereocenters. The van der Waals surface area contributed by atoms with Crippen LogP contribution in [0.3, 0.4) is 0 Å². The lowest BCUT2D eigenvalue weighted by Gasteiger charge is -2.11. The highest BCUT2D eigenvalue weighted by Crippen LogP contribution is 2.42. The molecule has 0 radical (unpaired) electrons. The molecule has 0 saturated carbocycles. The van der Waals surface area contributed by atoms with Gasteiger partial charge in [-0.05, 0) is 59.7 Å². The fourth-order valence-electron chi connectivity index (χ4n) is 6.10. The summed E-state index contributed by atoms with van der Waals surface area (Å²) >= 11 is 1.77. The summed E-state index contributed by atoms with van der Waals surface area (Å²) in [6.07, 6.45) is 0. The summed E-state index contributed by atoms with van der Waals surface area (Å²) in [7, 11) is 0. The molecule has 216 valence electrons. The third kappa shape index (κ3) is 4.66. The Labute approximate surface area is 269 Å². The summed E-state index contributed by atoms with van der Waals surface area (Å²) in [6, 6.07) is 52.2. The molecule has 3 aromatic heterocycles. The van der Waals surface area contributed by atoms with Crippen LogP contribution in [0.4, 0.5) is 0 Å². The summed E-state index contributed by atoms with van der Waals surface area (Å²) in [5.41, 5.74) is 9.75. The van der Waals surface area contributed by atoms with Gasteiger partial charge in [-0.15, -0.1) is 11.3 Å². The summed E-state index contributed by atoms with van der Waals surface area (Å²) in [4.78, 5) is 15.2. The van der Waals surface area contributed by atoms with Crippen LogP contribution < -0.4 is 0 Å². The van der Waals surface area contributed by atoms with Gasteiger partial charge in [0.2, 0.25) is 5.89 Å². The second-order valence-electron chi connectivity index (χ2n) is 11.3. The monoisotopic (exact) mass is 607 g/mol. The number of oxazole rings is 1. The van der Waals surface area contributed by atoms with E-state index in [1.807, 2.05) is 48.5 Å². The summed E-state index contributed by atoms with van der Waals surface area (Å²) in [6.45, 7) is 0. The molecule has 0 N–H and O–H groups in total. The van der Waals surface area contributed by atoms with Crippen molar-refractivity contribution < 1.29 is 4.42 Å². The van der Waals surface area contributed by atoms with Gasteiger partial charge in [0.15, 0.2) is 11.4 Å². The molecule has 9 rings (SSSR count). The van der Waals surface area contributed by atoms with E-state index in [4.69, 9.17) is 19.4 Å². The largest absolute Gasteiger partial charge is 0.436 e. The van der Waals surface area contributed by atoms with Crippen molar-refractivity contribution in [1.29, 1.82) is 0 Å². The lowest BCUT2D eigenvalue weighted by atomic mass is 10.00. The number of hydrogen-bond donors (Lipinski definition) is 0. The van der Waals surface area contributed by atoms with Crippen LogP contribution in [0.25, 0.3) is 87.8 Å². The molecule has 0 aliphatic carbocycles. The van der Waals surface area contributed by atoms with E-state index in [1.54, 1.807) is 11.3 Å². The molecule has 4 nitrogen and oxygen atoms in total. The predicted molar refractivity (Wildman–Crippen MR) is 190 cm³/mol. The van der Waals surface area contributed by atoms with Gasteiger partial charge in [0.1, 0.15) is 5.52 Å². The van der Waals surface area contributed by atoms with Gasteiger partial charge in [-0.3, -0.25) is 0 Å². The standard InChI is InChI=1S/C41H25N3OS/c1-3-11-26(12-4-1)28-15-9-16-29(23-28)35-25-34(27-13-5-2-6-14-27)42-40(43-35)31-17-10-20-38-39(31)32-24-30(21-22-37(32)46-38)41-44-33-18-7-8-19-36(33)45-41/h1-25H. The zero-order valence-corrected chi connectivity index (χ0v) is 25.4. The molecule has 0 aliphatic heterocycles. The second-order valence-corrected chi connectivity index (χ2v) is 12.3. The molecule has 6 aromatic carbocycles. The number of aromatic nitrogens is 3. The van der Waals surface area contributed by atoms with E-state index in [2.05, 4.69) is 103 Å². The maximum Gasteiger partial charge on any atom is 0.227 e. The zero-order valence-electron chi connectivity index (χ0n) is 24.6. The number of thiophene rings is 1. The minimum Gasteiger partial charge on any atom is -0.436 e. The van der Waals surface area contributed by atoms with Crippen LogP contribution in [-0.2, 0) is 0 Å². The van der Waals surface area contributed by atoms with Gasteiger partial charge in [0.25, 0.3) is 0 Å². The normalized spacial score (nSPS) is 11.5. The van der Waals surface area contributed by atoms with E-state index in [0.717, 1.165) is 61.1 Å². The molecule has 0 bridgehead atoms. The topological polar surface area (TPSA) is 51.8 Å². The molecule has 0 fully saturated rings. The van der Waals surface area contributed by atoms with Crippen LogP contribution in [0, 0.1) is 0 Å². The predicted octanol–water partition coefficient (Wildman–Crippen LogP) is 11.3. The first-order chi connectivity index (χ1) is 22.8. The Morgan fingerprint density at radius 3 is 1.98 bits per heavy atom. The van der Waals surface area contributed by atoms with Gasteiger partial charge in [-0.25, -0.2) is 15.0 Å². The van der Waals surface area contributed by atoms with Crippen molar-refractivity contribution in [2.24, 2.45) is 0 Å². The number of benzene rings is 6. The maximum atomic E-state index is 6.15. The number of hydrogen-bond acceptors (Lipinski definition) is 5. The Morgan fingerprint density at radius 2 is 1.15 bits per heavy atom. The Kier molecular flexibility index (Phi) is 6.28. The molecular weight excluding hydrogens is 583 g/mol. The van der Waals surface area contributed by atoms with Gasteiger partial charge in [-0.1, -0.05) is 103 Å². The number of fused-ring (bicyclic) bond motifs is 4. The first kappa shape index (κ1) is 26.5. The number of nitrogens with zero attached hydrogens (tertiary/aromatic N) is 3. The summed E-state index contributed by atoms with van der Waals surface area (Å²) < 4.78 is 8.52. The molecule has 5 heteroatoms. The van der Waals surface area contributed by atoms with Gasteiger partial charge in [0.05, 0.1) is 11.4 Å². The van der Waals surface area contributed by atoms with Crippen molar-refractivity contribution in [1.82, 2.24) is 15.0 Å². The SMILES string of the molecule is c1ccc(-c2cccc(-c3cc(-c4ccccc4)nc(-c4cccc5sc6ccc(-c7nc8ccccc8o7)cc6c45)n3)c2)cc1. The van der Waals surface area contributed by atoms with E-state index in [0.29, 0.717) is 11.7 Å². The molecule has 9 aromatic rings. The molecular formula is C41H25N3OS. The van der Waals surface area contributed by atoms with Gasteiger partial charge < -0.3 is 4.42 Å². The fourth-order valence-corrected chi connectivity index (χ4v) is 7.22. The summed E-state index contributed by atoms with van der Waals surface area (Å²) in [5, 5.41) is 2.27. The van der Waals surface area contributed by atoms with E-state index in [9.17, 15) is 0 Å². The van der Waals surface area contributed by atoms with Crippen molar-refractivity contribution in [2.75, 3.05) is 0 Å². The highest BCUT2D eigenvalue weighted by Gasteiger charge is 2.18. The molecule has 0 amide bonds. The van der Waals surface area contributed by atoms with Crippen LogP contribution >= 0.6 is 11.3 Å². The van der Waals surface area contributed by atoms with Crippen molar-refractivity contribution in [2.45, 2.75) is 0 Å². The molecule has 0 aliphatic rings. The Hall–Kier alpha value is -5.91. The van der Waals surface area contributed by atoms with Gasteiger partial charge >= 0.3 is 0 Å². The van der Waals surface area contributed by atoms with Gasteiger partial charge in [0, 0.05) is 42.4 Å². The minimum atomic E-state index is 0.614. The Morgan fingerprint density at radius 1 is 0.457 bits per heavy atom. The quantitative estimate of drug-likeness (QED) is 0.195. The number of para-hydroxylation sites is 2. The molecule has 0 saturated heterocycles. The van der Waals surface area contributed by atoms with E-state index in [-0.39, 0.29) is 0 Å². The van der Waals surface area contributed by atoms with Crippen molar-refractivity contribution in [3.05, 3.63) is 152 Å². The van der Waals surface area contributed by atoms with E-state index < -0.39 is 0 Å². The van der Waals surface area contributed by atoms with E-state index >= 15 is 0 Å². The average molecular weight is 608 g/mol. The molecule has 46 heavy (non-hydrogen) atoms. The first-order valence-corrected chi connectivity index (χ1v) is 16.0. The van der Waals surface area contributed by atoms with Crippen LogP contribution in [0.5, 0.6) is 0 Å². The molecule has 0 spiro atoms. The molecule has 0 unspecified atom stereocenters. The summed E-state index contributed by atoms with van der Waals surface area (Å²) in [5.74, 6) is 1.31. The highest BCUT2D eigenvalue weighted by atomic mass is 32.1. The Bertz CT molecular complexity index is 2500. The van der Waals surface area contributed by atoms with Crippen molar-refractivity contribution in [3.63, 3.8) is 0 Å². The molecule has 3 heterocycles. The third-order valence-corrected chi connectivity index (χ3v) is 9.47. The average Bonchev–Trinajstić information content (AvgIpc) is 3.74. The first-order valence-electron chi connectivity index (χ1n) is 15.2.